The van der Waals surface area contributed by atoms with Crippen LogP contribution in [0.5, 0.6) is 5.75 Å². The van der Waals surface area contributed by atoms with E-state index in [-0.39, 0.29) is 52.3 Å². The highest BCUT2D eigenvalue weighted by Gasteiger charge is 2.42. The number of likely N-dealkylation sites (tertiary alicyclic amines) is 1. The van der Waals surface area contributed by atoms with E-state index in [2.05, 4.69) is 20.6 Å². The van der Waals surface area contributed by atoms with E-state index in [0.29, 0.717) is 44.2 Å². The molecule has 11 nitrogen and oxygen atoms in total. The van der Waals surface area contributed by atoms with Gasteiger partial charge in [0.25, 0.3) is 5.91 Å². The predicted molar refractivity (Wildman–Crippen MR) is 136 cm³/mol. The topological polar surface area (TPSA) is 158 Å². The molecule has 1 unspecified atom stereocenters. The Morgan fingerprint density at radius 2 is 1.97 bits per heavy atom. The van der Waals surface area contributed by atoms with Gasteiger partial charge in [-0.15, -0.1) is 0 Å². The van der Waals surface area contributed by atoms with Crippen LogP contribution >= 0.6 is 11.6 Å². The van der Waals surface area contributed by atoms with Gasteiger partial charge in [-0.3, -0.25) is 20.2 Å². The Morgan fingerprint density at radius 3 is 2.72 bits per heavy atom. The molecule has 2 aliphatic rings. The number of carbonyl (C=O) groups excluding carboxylic acids is 2. The number of hydrogen-bond acceptors (Lipinski definition) is 10. The van der Waals surface area contributed by atoms with Gasteiger partial charge in [0.05, 0.1) is 12.8 Å². The first-order valence-corrected chi connectivity index (χ1v) is 12.3. The molecule has 3 heterocycles. The largest absolute Gasteiger partial charge is 0.493 e. The van der Waals surface area contributed by atoms with E-state index in [0.717, 1.165) is 19.3 Å². The third-order valence-corrected chi connectivity index (χ3v) is 6.85. The first kappa shape index (κ1) is 26.1. The molecule has 1 aromatic carbocycles. The SMILES string of the molecule is COCCCOc1cccc(C(=O)N2CCC3(CC2)CNC(CC(=O)c2nc(Cl)c(N)nc2N)N3)c1. The van der Waals surface area contributed by atoms with Gasteiger partial charge in [-0.1, -0.05) is 17.7 Å². The van der Waals surface area contributed by atoms with Crippen LogP contribution in [-0.2, 0) is 4.74 Å². The molecule has 1 aromatic heterocycles. The summed E-state index contributed by atoms with van der Waals surface area (Å²) in [5, 5.41) is 6.87. The zero-order chi connectivity index (χ0) is 25.7. The summed E-state index contributed by atoms with van der Waals surface area (Å²) in [6.07, 6.45) is 2.20. The Bertz CT molecular complexity index is 1110. The number of nitrogen functional groups attached to an aromatic ring is 2. The van der Waals surface area contributed by atoms with Crippen LogP contribution in [0.2, 0.25) is 5.15 Å². The summed E-state index contributed by atoms with van der Waals surface area (Å²) in [6.45, 7) is 3.08. The second-order valence-corrected chi connectivity index (χ2v) is 9.49. The quantitative estimate of drug-likeness (QED) is 0.283. The summed E-state index contributed by atoms with van der Waals surface area (Å²) in [4.78, 5) is 35.6. The highest BCUT2D eigenvalue weighted by molar-refractivity contribution is 6.31. The predicted octanol–water partition coefficient (Wildman–Crippen LogP) is 1.48. The normalized spacial score (nSPS) is 18.9. The van der Waals surface area contributed by atoms with Crippen molar-refractivity contribution < 1.29 is 19.1 Å². The molecule has 36 heavy (non-hydrogen) atoms. The van der Waals surface area contributed by atoms with Gasteiger partial charge < -0.3 is 25.8 Å². The Balaban J connectivity index is 1.29. The maximum absolute atomic E-state index is 13.1. The number of ketones is 1. The summed E-state index contributed by atoms with van der Waals surface area (Å²) in [5.74, 6) is 0.336. The number of methoxy groups -OCH3 is 1. The van der Waals surface area contributed by atoms with Gasteiger partial charge >= 0.3 is 0 Å². The summed E-state index contributed by atoms with van der Waals surface area (Å²) in [5.41, 5.74) is 11.8. The van der Waals surface area contributed by atoms with Crippen molar-refractivity contribution in [3.63, 3.8) is 0 Å². The number of aromatic nitrogens is 2. The Hall–Kier alpha value is -2.99. The maximum atomic E-state index is 13.1. The van der Waals surface area contributed by atoms with Crippen molar-refractivity contribution in [2.45, 2.75) is 37.4 Å². The molecule has 2 aliphatic heterocycles. The zero-order valence-corrected chi connectivity index (χ0v) is 21.0. The lowest BCUT2D eigenvalue weighted by atomic mass is 9.88. The third kappa shape index (κ3) is 6.04. The average Bonchev–Trinajstić information content (AvgIpc) is 3.25. The van der Waals surface area contributed by atoms with Crippen LogP contribution in [0, 0.1) is 0 Å². The molecule has 2 fully saturated rings. The number of halogens is 1. The fourth-order valence-corrected chi connectivity index (χ4v) is 4.72. The number of carbonyl (C=O) groups is 2. The number of Topliss-reactive ketones (excluding diaryl/α,β-unsaturated/α-hetero) is 1. The molecule has 1 atom stereocenters. The molecule has 1 spiro atoms. The van der Waals surface area contributed by atoms with Gasteiger partial charge in [-0.2, -0.15) is 0 Å². The highest BCUT2D eigenvalue weighted by Crippen LogP contribution is 2.28. The van der Waals surface area contributed by atoms with E-state index < -0.39 is 0 Å². The van der Waals surface area contributed by atoms with E-state index in [1.807, 2.05) is 23.1 Å². The molecule has 4 rings (SSSR count). The van der Waals surface area contributed by atoms with E-state index in [4.69, 9.17) is 32.5 Å². The zero-order valence-electron chi connectivity index (χ0n) is 20.3. The lowest BCUT2D eigenvalue weighted by Gasteiger charge is -2.39. The number of amides is 1. The molecule has 2 aromatic rings. The first-order chi connectivity index (χ1) is 17.3. The monoisotopic (exact) mass is 517 g/mol. The van der Waals surface area contributed by atoms with Crippen LogP contribution < -0.4 is 26.8 Å². The van der Waals surface area contributed by atoms with Gasteiger partial charge in [0.1, 0.15) is 5.75 Å². The van der Waals surface area contributed by atoms with E-state index in [1.165, 1.54) is 0 Å². The molecule has 0 bridgehead atoms. The van der Waals surface area contributed by atoms with Gasteiger partial charge in [-0.25, -0.2) is 9.97 Å². The first-order valence-electron chi connectivity index (χ1n) is 11.9. The molecular formula is C24H32ClN7O4. The molecule has 194 valence electrons. The van der Waals surface area contributed by atoms with Crippen LogP contribution in [0.15, 0.2) is 24.3 Å². The van der Waals surface area contributed by atoms with Gasteiger partial charge in [0.15, 0.2) is 28.3 Å². The van der Waals surface area contributed by atoms with Crippen molar-refractivity contribution in [2.75, 3.05) is 51.4 Å². The molecule has 6 N–H and O–H groups in total. The van der Waals surface area contributed by atoms with Crippen LogP contribution in [0.25, 0.3) is 0 Å². The van der Waals surface area contributed by atoms with Gasteiger partial charge in [0, 0.05) is 57.3 Å². The number of nitrogens with one attached hydrogen (secondary N) is 2. The fraction of sp³-hybridized carbons (Fsp3) is 0.500. The van der Waals surface area contributed by atoms with E-state index >= 15 is 0 Å². The summed E-state index contributed by atoms with van der Waals surface area (Å²) >= 11 is 5.91. The molecule has 12 heteroatoms. The second-order valence-electron chi connectivity index (χ2n) is 9.13. The maximum Gasteiger partial charge on any atom is 0.253 e. The van der Waals surface area contributed by atoms with Crippen LogP contribution in [0.4, 0.5) is 11.6 Å². The molecule has 1 amide bonds. The van der Waals surface area contributed by atoms with Crippen LogP contribution in [0.1, 0.15) is 46.5 Å². The number of benzene rings is 1. The lowest BCUT2D eigenvalue weighted by Crippen LogP contribution is -2.54. The van der Waals surface area contributed by atoms with Gasteiger partial charge in [-0.05, 0) is 31.0 Å². The standard InChI is InChI=1S/C24H32ClN7O4/c1-35-10-3-11-36-16-5-2-4-15(12-16)23(34)32-8-6-24(7-9-32)14-28-18(31-24)13-17(33)19-21(26)30-22(27)20(25)29-19/h2,4-5,12,18,28,31H,3,6-11,13-14H2,1H3,(H4,26,27,30). The summed E-state index contributed by atoms with van der Waals surface area (Å²) < 4.78 is 10.8. The summed E-state index contributed by atoms with van der Waals surface area (Å²) in [6, 6.07) is 7.28. The molecule has 0 aliphatic carbocycles. The van der Waals surface area contributed by atoms with Crippen molar-refractivity contribution in [1.29, 1.82) is 0 Å². The van der Waals surface area contributed by atoms with Crippen molar-refractivity contribution >= 4 is 34.9 Å². The Labute approximate surface area is 214 Å². The minimum atomic E-state index is -0.277. The number of piperidine rings is 1. The highest BCUT2D eigenvalue weighted by atomic mass is 35.5. The Kier molecular flexibility index (Phi) is 8.24. The number of nitrogens with two attached hydrogens (primary N) is 2. The molecule has 0 radical (unpaired) electrons. The minimum Gasteiger partial charge on any atom is -0.493 e. The van der Waals surface area contributed by atoms with E-state index in [1.54, 1.807) is 13.2 Å². The Morgan fingerprint density at radius 1 is 1.19 bits per heavy atom. The molecule has 2 saturated heterocycles. The van der Waals surface area contributed by atoms with Crippen molar-refractivity contribution in [2.24, 2.45) is 0 Å². The van der Waals surface area contributed by atoms with E-state index in [9.17, 15) is 9.59 Å². The molecule has 0 saturated carbocycles. The number of rotatable bonds is 9. The van der Waals surface area contributed by atoms with Crippen LogP contribution in [0.3, 0.4) is 0 Å². The number of nitrogens with zero attached hydrogens (tertiary/aromatic N) is 3. The fourth-order valence-electron chi connectivity index (χ4n) is 4.60. The second kappa shape index (κ2) is 11.4. The minimum absolute atomic E-state index is 0.00980. The third-order valence-electron chi connectivity index (χ3n) is 6.58. The van der Waals surface area contributed by atoms with Crippen molar-refractivity contribution in [1.82, 2.24) is 25.5 Å². The number of anilines is 2. The van der Waals surface area contributed by atoms with Crippen LogP contribution in [-0.4, -0.2) is 78.2 Å². The number of ether oxygens (including phenoxy) is 2. The van der Waals surface area contributed by atoms with Crippen molar-refractivity contribution in [3.05, 3.63) is 40.7 Å². The average molecular weight is 518 g/mol. The van der Waals surface area contributed by atoms with Gasteiger partial charge in [0.2, 0.25) is 0 Å². The summed E-state index contributed by atoms with van der Waals surface area (Å²) in [7, 11) is 1.66. The van der Waals surface area contributed by atoms with Crippen molar-refractivity contribution in [3.8, 4) is 5.75 Å². The smallest absolute Gasteiger partial charge is 0.253 e. The number of hydrogen-bond donors (Lipinski definition) is 4. The molecular weight excluding hydrogens is 486 g/mol. The lowest BCUT2D eigenvalue weighted by molar-refractivity contribution is 0.0661.